The molecule has 0 bridgehead atoms. The van der Waals surface area contributed by atoms with Crippen LogP contribution >= 0.6 is 11.6 Å². The molecular weight excluding hydrogens is 242 g/mol. The van der Waals surface area contributed by atoms with Crippen molar-refractivity contribution in [1.29, 1.82) is 0 Å². The number of nitrogens with zero attached hydrogens (tertiary/aromatic N) is 4. The maximum Gasteiger partial charge on any atom is 0.211 e. The molecule has 0 spiro atoms. The minimum atomic E-state index is 0.370. The van der Waals surface area contributed by atoms with Crippen molar-refractivity contribution in [3.63, 3.8) is 0 Å². The van der Waals surface area contributed by atoms with Crippen molar-refractivity contribution in [3.05, 3.63) is 29.0 Å². The number of ether oxygens (including phenoxy) is 1. The molecule has 0 amide bonds. The first-order chi connectivity index (χ1) is 8.19. The average Bonchev–Trinajstić information content (AvgIpc) is 2.69. The summed E-state index contributed by atoms with van der Waals surface area (Å²) < 4.78 is 6.79. The van der Waals surface area contributed by atoms with Gasteiger partial charge in [-0.05, 0) is 12.1 Å². The van der Waals surface area contributed by atoms with Crippen molar-refractivity contribution < 1.29 is 4.74 Å². The van der Waals surface area contributed by atoms with E-state index in [2.05, 4.69) is 20.6 Å². The number of rotatable bonds is 4. The van der Waals surface area contributed by atoms with E-state index in [0.29, 0.717) is 23.4 Å². The summed E-state index contributed by atoms with van der Waals surface area (Å²) in [5.74, 6) is 1.36. The van der Waals surface area contributed by atoms with Gasteiger partial charge in [0.1, 0.15) is 5.82 Å². The molecule has 2 heterocycles. The van der Waals surface area contributed by atoms with Crippen LogP contribution in [0, 0.1) is 0 Å². The molecule has 2 rings (SSSR count). The van der Waals surface area contributed by atoms with Gasteiger partial charge >= 0.3 is 0 Å². The Kier molecular flexibility index (Phi) is 3.43. The summed E-state index contributed by atoms with van der Waals surface area (Å²) in [4.78, 5) is 0. The lowest BCUT2D eigenvalue weighted by Crippen LogP contribution is -2.03. The number of hydrogen-bond donors (Lipinski definition) is 1. The zero-order valence-corrected chi connectivity index (χ0v) is 10.3. The fourth-order valence-electron chi connectivity index (χ4n) is 1.38. The highest BCUT2D eigenvalue weighted by Crippen LogP contribution is 2.12. The third-order valence-electron chi connectivity index (χ3n) is 2.18. The molecule has 0 saturated carbocycles. The molecule has 0 aliphatic carbocycles. The normalized spacial score (nSPS) is 10.3. The Balaban J connectivity index is 1.99. The Morgan fingerprint density at radius 1 is 1.41 bits per heavy atom. The zero-order valence-electron chi connectivity index (χ0n) is 9.51. The molecule has 0 aromatic carbocycles. The standard InChI is InChI=1S/C10H12ClN5O/c1-16-10(17-2)5-7(15-16)6-12-9-4-3-8(11)13-14-9/h3-5H,6H2,1-2H3,(H,12,14). The fraction of sp³-hybridized carbons (Fsp3) is 0.300. The Bertz CT molecular complexity index is 496. The van der Waals surface area contributed by atoms with Gasteiger partial charge in [0.25, 0.3) is 0 Å². The molecule has 7 heteroatoms. The third kappa shape index (κ3) is 2.85. The highest BCUT2D eigenvalue weighted by Gasteiger charge is 2.04. The predicted molar refractivity (Wildman–Crippen MR) is 64.1 cm³/mol. The number of aryl methyl sites for hydroxylation is 1. The van der Waals surface area contributed by atoms with Crippen molar-refractivity contribution in [2.45, 2.75) is 6.54 Å². The zero-order chi connectivity index (χ0) is 12.3. The topological polar surface area (TPSA) is 64.9 Å². The van der Waals surface area contributed by atoms with Crippen LogP contribution in [0.5, 0.6) is 5.88 Å². The van der Waals surface area contributed by atoms with Crippen molar-refractivity contribution >= 4 is 17.4 Å². The van der Waals surface area contributed by atoms with Gasteiger partial charge in [0.15, 0.2) is 5.15 Å². The first-order valence-corrected chi connectivity index (χ1v) is 5.37. The van der Waals surface area contributed by atoms with Gasteiger partial charge in [-0.15, -0.1) is 10.2 Å². The van der Waals surface area contributed by atoms with Crippen molar-refractivity contribution in [2.75, 3.05) is 12.4 Å². The van der Waals surface area contributed by atoms with Crippen LogP contribution in [0.4, 0.5) is 5.82 Å². The second-order valence-corrected chi connectivity index (χ2v) is 3.78. The molecule has 17 heavy (non-hydrogen) atoms. The molecule has 0 radical (unpaired) electrons. The lowest BCUT2D eigenvalue weighted by molar-refractivity contribution is 0.373. The van der Waals surface area contributed by atoms with Crippen molar-refractivity contribution in [2.24, 2.45) is 7.05 Å². The van der Waals surface area contributed by atoms with Gasteiger partial charge in [-0.1, -0.05) is 11.6 Å². The summed E-state index contributed by atoms with van der Waals surface area (Å²) in [5.41, 5.74) is 0.862. The van der Waals surface area contributed by atoms with E-state index in [-0.39, 0.29) is 0 Å². The summed E-state index contributed by atoms with van der Waals surface area (Å²) in [7, 11) is 3.43. The van der Waals surface area contributed by atoms with E-state index < -0.39 is 0 Å². The maximum absolute atomic E-state index is 5.64. The number of nitrogens with one attached hydrogen (secondary N) is 1. The van der Waals surface area contributed by atoms with Gasteiger partial charge < -0.3 is 10.1 Å². The lowest BCUT2D eigenvalue weighted by Gasteiger charge is -2.01. The molecule has 1 N–H and O–H groups in total. The van der Waals surface area contributed by atoms with Crippen LogP contribution in [0.2, 0.25) is 5.15 Å². The first-order valence-electron chi connectivity index (χ1n) is 4.99. The van der Waals surface area contributed by atoms with Gasteiger partial charge in [-0.25, -0.2) is 4.68 Å². The Morgan fingerprint density at radius 3 is 2.82 bits per heavy atom. The Hall–Kier alpha value is -1.82. The van der Waals surface area contributed by atoms with Gasteiger partial charge in [-0.2, -0.15) is 5.10 Å². The Morgan fingerprint density at radius 2 is 2.24 bits per heavy atom. The number of aromatic nitrogens is 4. The average molecular weight is 254 g/mol. The molecule has 2 aromatic heterocycles. The smallest absolute Gasteiger partial charge is 0.211 e. The van der Waals surface area contributed by atoms with Gasteiger partial charge in [0, 0.05) is 13.1 Å². The fourth-order valence-corrected chi connectivity index (χ4v) is 1.48. The minimum Gasteiger partial charge on any atom is -0.481 e. The van der Waals surface area contributed by atoms with E-state index in [1.807, 2.05) is 13.1 Å². The van der Waals surface area contributed by atoms with E-state index in [0.717, 1.165) is 5.69 Å². The van der Waals surface area contributed by atoms with Gasteiger partial charge in [0.05, 0.1) is 19.3 Å². The molecule has 0 saturated heterocycles. The van der Waals surface area contributed by atoms with Crippen LogP contribution < -0.4 is 10.1 Å². The monoisotopic (exact) mass is 253 g/mol. The van der Waals surface area contributed by atoms with Crippen LogP contribution in [0.3, 0.4) is 0 Å². The molecule has 0 fully saturated rings. The second kappa shape index (κ2) is 5.01. The molecule has 0 unspecified atom stereocenters. The van der Waals surface area contributed by atoms with E-state index in [4.69, 9.17) is 16.3 Å². The number of anilines is 1. The highest BCUT2D eigenvalue weighted by molar-refractivity contribution is 6.29. The molecule has 0 aliphatic heterocycles. The molecule has 0 aliphatic rings. The quantitative estimate of drug-likeness (QED) is 0.894. The van der Waals surface area contributed by atoms with Gasteiger partial charge in [0.2, 0.25) is 5.88 Å². The number of hydrogen-bond acceptors (Lipinski definition) is 5. The van der Waals surface area contributed by atoms with E-state index in [1.54, 1.807) is 23.9 Å². The summed E-state index contributed by atoms with van der Waals surface area (Å²) in [6.45, 7) is 0.549. The van der Waals surface area contributed by atoms with Crippen molar-refractivity contribution in [3.8, 4) is 5.88 Å². The lowest BCUT2D eigenvalue weighted by atomic mass is 10.4. The predicted octanol–water partition coefficient (Wildman–Crippen LogP) is 1.48. The largest absolute Gasteiger partial charge is 0.481 e. The Labute approximate surface area is 104 Å². The summed E-state index contributed by atoms with van der Waals surface area (Å²) >= 11 is 5.64. The molecule has 90 valence electrons. The first kappa shape index (κ1) is 11.7. The van der Waals surface area contributed by atoms with E-state index in [1.165, 1.54) is 0 Å². The molecular formula is C10H12ClN5O. The van der Waals surface area contributed by atoms with E-state index in [9.17, 15) is 0 Å². The SMILES string of the molecule is COc1cc(CNc2ccc(Cl)nn2)nn1C. The van der Waals surface area contributed by atoms with Crippen LogP contribution in [-0.2, 0) is 13.6 Å². The van der Waals surface area contributed by atoms with Crippen molar-refractivity contribution in [1.82, 2.24) is 20.0 Å². The molecule has 0 atom stereocenters. The number of methoxy groups -OCH3 is 1. The van der Waals surface area contributed by atoms with Gasteiger partial charge in [-0.3, -0.25) is 0 Å². The van der Waals surface area contributed by atoms with Crippen LogP contribution in [-0.4, -0.2) is 27.1 Å². The third-order valence-corrected chi connectivity index (χ3v) is 2.38. The summed E-state index contributed by atoms with van der Waals surface area (Å²) in [6.07, 6.45) is 0. The van der Waals surface area contributed by atoms with Crippen LogP contribution in [0.25, 0.3) is 0 Å². The summed E-state index contributed by atoms with van der Waals surface area (Å²) in [5, 5.41) is 15.3. The molecule has 2 aromatic rings. The maximum atomic E-state index is 5.64. The van der Waals surface area contributed by atoms with Crippen LogP contribution in [0.1, 0.15) is 5.69 Å². The van der Waals surface area contributed by atoms with Crippen LogP contribution in [0.15, 0.2) is 18.2 Å². The number of halogens is 1. The minimum absolute atomic E-state index is 0.370. The van der Waals surface area contributed by atoms with E-state index >= 15 is 0 Å². The second-order valence-electron chi connectivity index (χ2n) is 3.40. The molecule has 6 nitrogen and oxygen atoms in total. The summed E-state index contributed by atoms with van der Waals surface area (Å²) in [6, 6.07) is 5.29. The highest BCUT2D eigenvalue weighted by atomic mass is 35.5.